The largest absolute Gasteiger partial charge is 0.461 e. The lowest BCUT2D eigenvalue weighted by Crippen LogP contribution is -2.18. The molecule has 3 aromatic rings. The minimum Gasteiger partial charge on any atom is -0.461 e. The second-order valence-electron chi connectivity index (χ2n) is 5.35. The number of nitrogens with zero attached hydrogens (tertiary/aromatic N) is 2. The predicted molar refractivity (Wildman–Crippen MR) is 93.2 cm³/mol. The summed E-state index contributed by atoms with van der Waals surface area (Å²) in [6.07, 6.45) is 0. The van der Waals surface area contributed by atoms with Gasteiger partial charge in [0.05, 0.1) is 12.1 Å². The summed E-state index contributed by atoms with van der Waals surface area (Å²) in [7, 11) is -4.16. The lowest BCUT2D eigenvalue weighted by Gasteiger charge is -2.05. The maximum absolute atomic E-state index is 12.8. The average Bonchev–Trinajstić information content (AvgIpc) is 3.01. The van der Waals surface area contributed by atoms with Crippen LogP contribution in [0.2, 0.25) is 0 Å². The molecular weight excluding hydrogens is 358 g/mol. The van der Waals surface area contributed by atoms with Gasteiger partial charge in [-0.25, -0.2) is 18.4 Å². The molecule has 1 aromatic heterocycles. The Bertz CT molecular complexity index is 1100. The van der Waals surface area contributed by atoms with Gasteiger partial charge in [-0.3, -0.25) is 4.79 Å². The van der Waals surface area contributed by atoms with Crippen LogP contribution in [-0.4, -0.2) is 36.7 Å². The Kier molecular flexibility index (Phi) is 4.58. The molecule has 3 rings (SSSR count). The number of primary sulfonamides is 1. The number of hydrogen-bond donors (Lipinski definition) is 1. The van der Waals surface area contributed by atoms with Crippen molar-refractivity contribution in [1.82, 2.24) is 9.78 Å². The fraction of sp³-hybridized carbons (Fsp3) is 0.118. The highest BCUT2D eigenvalue weighted by molar-refractivity contribution is 7.89. The first-order chi connectivity index (χ1) is 12.3. The van der Waals surface area contributed by atoms with Crippen molar-refractivity contribution in [2.75, 3.05) is 6.61 Å². The van der Waals surface area contributed by atoms with E-state index in [2.05, 4.69) is 5.10 Å². The number of carbonyl (C=O) groups excluding carboxylic acids is 2. The van der Waals surface area contributed by atoms with Gasteiger partial charge < -0.3 is 4.74 Å². The summed E-state index contributed by atoms with van der Waals surface area (Å²) >= 11 is 0. The number of nitrogens with two attached hydrogens (primary N) is 1. The Hall–Kier alpha value is -3.04. The second-order valence-corrected chi connectivity index (χ2v) is 6.88. The number of carbonyl (C=O) groups is 2. The Morgan fingerprint density at radius 1 is 1.12 bits per heavy atom. The molecule has 0 bridgehead atoms. The van der Waals surface area contributed by atoms with E-state index in [4.69, 9.17) is 9.88 Å². The minimum absolute atomic E-state index is 0.0630. The van der Waals surface area contributed by atoms with Gasteiger partial charge in [0.1, 0.15) is 4.90 Å². The van der Waals surface area contributed by atoms with Crippen LogP contribution in [0.15, 0.2) is 53.4 Å². The van der Waals surface area contributed by atoms with E-state index in [1.54, 1.807) is 37.3 Å². The summed E-state index contributed by atoms with van der Waals surface area (Å²) in [5, 5.41) is 9.48. The fourth-order valence-electron chi connectivity index (χ4n) is 2.57. The third kappa shape index (κ3) is 3.09. The second kappa shape index (κ2) is 6.70. The van der Waals surface area contributed by atoms with Gasteiger partial charge >= 0.3 is 5.97 Å². The van der Waals surface area contributed by atoms with Crippen LogP contribution in [0.5, 0.6) is 0 Å². The van der Waals surface area contributed by atoms with Crippen molar-refractivity contribution in [2.24, 2.45) is 5.14 Å². The molecule has 1 heterocycles. The van der Waals surface area contributed by atoms with Crippen LogP contribution in [0.1, 0.15) is 27.8 Å². The normalized spacial score (nSPS) is 11.5. The molecule has 0 saturated heterocycles. The molecule has 8 nitrogen and oxygen atoms in total. The van der Waals surface area contributed by atoms with Crippen LogP contribution >= 0.6 is 0 Å². The molecule has 0 saturated carbocycles. The molecule has 0 aliphatic heterocycles. The predicted octanol–water partition coefficient (Wildman–Crippen LogP) is 1.55. The number of rotatable bonds is 4. The zero-order valence-corrected chi connectivity index (χ0v) is 14.6. The van der Waals surface area contributed by atoms with Gasteiger partial charge in [0, 0.05) is 10.9 Å². The Balaban J connectivity index is 2.34. The van der Waals surface area contributed by atoms with Crippen LogP contribution in [0, 0.1) is 0 Å². The summed E-state index contributed by atoms with van der Waals surface area (Å²) in [4.78, 5) is 24.7. The van der Waals surface area contributed by atoms with E-state index >= 15 is 0 Å². The van der Waals surface area contributed by atoms with Gasteiger partial charge in [-0.1, -0.05) is 30.3 Å². The molecular formula is C17H15N3O5S. The Labute approximate surface area is 149 Å². The van der Waals surface area contributed by atoms with Crippen molar-refractivity contribution in [3.05, 3.63) is 59.8 Å². The molecule has 0 spiro atoms. The van der Waals surface area contributed by atoms with E-state index < -0.39 is 21.9 Å². The van der Waals surface area contributed by atoms with Crippen LogP contribution in [0.25, 0.3) is 10.9 Å². The highest BCUT2D eigenvalue weighted by Crippen LogP contribution is 2.26. The van der Waals surface area contributed by atoms with E-state index in [-0.39, 0.29) is 33.7 Å². The highest BCUT2D eigenvalue weighted by Gasteiger charge is 2.26. The first kappa shape index (κ1) is 17.8. The van der Waals surface area contributed by atoms with E-state index in [1.807, 2.05) is 0 Å². The lowest BCUT2D eigenvalue weighted by molar-refractivity contribution is 0.0521. The van der Waals surface area contributed by atoms with E-state index in [9.17, 15) is 18.0 Å². The monoisotopic (exact) mass is 373 g/mol. The number of para-hydroxylation sites is 1. The van der Waals surface area contributed by atoms with Gasteiger partial charge in [-0.15, -0.1) is 0 Å². The molecule has 0 radical (unpaired) electrons. The van der Waals surface area contributed by atoms with Crippen molar-refractivity contribution in [1.29, 1.82) is 0 Å². The van der Waals surface area contributed by atoms with E-state index in [0.717, 1.165) is 4.68 Å². The van der Waals surface area contributed by atoms with E-state index in [1.165, 1.54) is 18.2 Å². The number of esters is 1. The minimum atomic E-state index is -4.16. The van der Waals surface area contributed by atoms with Crippen molar-refractivity contribution >= 4 is 32.8 Å². The molecule has 2 N–H and O–H groups in total. The van der Waals surface area contributed by atoms with Crippen molar-refractivity contribution in [2.45, 2.75) is 11.8 Å². The summed E-state index contributed by atoms with van der Waals surface area (Å²) in [5.41, 5.74) is 0.0556. The average molecular weight is 373 g/mol. The van der Waals surface area contributed by atoms with Gasteiger partial charge in [0.15, 0.2) is 5.69 Å². The molecule has 0 amide bonds. The third-order valence-electron chi connectivity index (χ3n) is 3.65. The molecule has 0 unspecified atom stereocenters. The molecule has 26 heavy (non-hydrogen) atoms. The molecule has 9 heteroatoms. The number of sulfonamides is 1. The number of aromatic nitrogens is 2. The zero-order chi connectivity index (χ0) is 18.9. The number of fused-ring (bicyclic) bond motifs is 1. The van der Waals surface area contributed by atoms with Crippen LogP contribution in [-0.2, 0) is 14.8 Å². The number of benzene rings is 2. The summed E-state index contributed by atoms with van der Waals surface area (Å²) in [6, 6.07) is 12.3. The van der Waals surface area contributed by atoms with Crippen LogP contribution in [0.3, 0.4) is 0 Å². The topological polar surface area (TPSA) is 121 Å². The van der Waals surface area contributed by atoms with Gasteiger partial charge in [0.25, 0.3) is 5.91 Å². The molecule has 134 valence electrons. The van der Waals surface area contributed by atoms with Gasteiger partial charge in [-0.05, 0) is 25.1 Å². The molecule has 0 fully saturated rings. The molecule has 2 aromatic carbocycles. The molecule has 0 aliphatic rings. The Morgan fingerprint density at radius 2 is 1.81 bits per heavy atom. The SMILES string of the molecule is CCOC(=O)c1nn(C(=O)c2ccccc2)c2c(S(N)(=O)=O)cccc12. The number of hydrogen-bond acceptors (Lipinski definition) is 6. The van der Waals surface area contributed by atoms with Gasteiger partial charge in [-0.2, -0.15) is 9.78 Å². The summed E-state index contributed by atoms with van der Waals surface area (Å²) in [5.74, 6) is -1.36. The first-order valence-electron chi connectivity index (χ1n) is 7.66. The molecule has 0 atom stereocenters. The highest BCUT2D eigenvalue weighted by atomic mass is 32.2. The zero-order valence-electron chi connectivity index (χ0n) is 13.7. The maximum atomic E-state index is 12.8. The third-order valence-corrected chi connectivity index (χ3v) is 4.60. The standard InChI is InChI=1S/C17H15N3O5S/c1-2-25-17(22)14-12-9-6-10-13(26(18,23)24)15(12)20(19-14)16(21)11-7-4-3-5-8-11/h3-10H,2H2,1H3,(H2,18,23,24). The van der Waals surface area contributed by atoms with Crippen LogP contribution in [0.4, 0.5) is 0 Å². The quantitative estimate of drug-likeness (QED) is 0.693. The van der Waals surface area contributed by atoms with Crippen molar-refractivity contribution in [3.63, 3.8) is 0 Å². The van der Waals surface area contributed by atoms with Crippen molar-refractivity contribution in [3.8, 4) is 0 Å². The first-order valence-corrected chi connectivity index (χ1v) is 9.20. The maximum Gasteiger partial charge on any atom is 0.359 e. The molecule has 0 aliphatic carbocycles. The summed E-state index contributed by atoms with van der Waals surface area (Å²) < 4.78 is 29.8. The van der Waals surface area contributed by atoms with E-state index in [0.29, 0.717) is 0 Å². The number of ether oxygens (including phenoxy) is 1. The Morgan fingerprint density at radius 3 is 2.42 bits per heavy atom. The van der Waals surface area contributed by atoms with Crippen LogP contribution < -0.4 is 5.14 Å². The van der Waals surface area contributed by atoms with Crippen molar-refractivity contribution < 1.29 is 22.7 Å². The lowest BCUT2D eigenvalue weighted by atomic mass is 10.2. The smallest absolute Gasteiger partial charge is 0.359 e. The fourth-order valence-corrected chi connectivity index (χ4v) is 3.30. The summed E-state index contributed by atoms with van der Waals surface area (Å²) in [6.45, 7) is 1.73. The van der Waals surface area contributed by atoms with Gasteiger partial charge in [0.2, 0.25) is 10.0 Å².